The van der Waals surface area contributed by atoms with Gasteiger partial charge in [-0.3, -0.25) is 4.79 Å². The number of rotatable bonds is 1. The summed E-state index contributed by atoms with van der Waals surface area (Å²) in [5, 5.41) is 8.61. The molecule has 0 bridgehead atoms. The molecule has 11 heavy (non-hydrogen) atoms. The smallest absolute Gasteiger partial charge is 0.281 e. The minimum Gasteiger partial charge on any atom is -0.507 e. The molecule has 0 radical (unpaired) electrons. The van der Waals surface area contributed by atoms with E-state index in [4.69, 9.17) is 10.8 Å². The first-order valence-corrected chi connectivity index (χ1v) is 3.77. The zero-order valence-corrected chi connectivity index (χ0v) is 6.47. The van der Waals surface area contributed by atoms with E-state index in [1.54, 1.807) is 18.2 Å². The van der Waals surface area contributed by atoms with Crippen molar-refractivity contribution in [3.63, 3.8) is 0 Å². The molecular formula is C7H7NO2S. The number of hydrogen-bond acceptors (Lipinski definition) is 3. The average molecular weight is 169 g/mol. The number of carbonyl (C=O) groups excluding carboxylic acids is 1. The molecule has 1 aromatic rings. The highest BCUT2D eigenvalue weighted by Crippen LogP contribution is 2.26. The number of benzene rings is 1. The van der Waals surface area contributed by atoms with E-state index in [1.807, 2.05) is 0 Å². The fourth-order valence-corrected chi connectivity index (χ4v) is 1.19. The van der Waals surface area contributed by atoms with E-state index in [0.29, 0.717) is 4.90 Å². The Balaban J connectivity index is 2.86. The molecule has 1 rings (SSSR count). The Morgan fingerprint density at radius 3 is 2.64 bits per heavy atom. The summed E-state index contributed by atoms with van der Waals surface area (Å²) in [7, 11) is 0. The van der Waals surface area contributed by atoms with Gasteiger partial charge in [0.05, 0.1) is 4.90 Å². The molecule has 4 heteroatoms. The number of carbonyl (C=O) groups is 1. The number of nitrogens with two attached hydrogens (primary N) is 1. The largest absolute Gasteiger partial charge is 0.507 e. The highest BCUT2D eigenvalue weighted by Gasteiger charge is 2.02. The van der Waals surface area contributed by atoms with Crippen molar-refractivity contribution in [2.75, 3.05) is 0 Å². The van der Waals surface area contributed by atoms with Gasteiger partial charge >= 0.3 is 0 Å². The fraction of sp³-hybridized carbons (Fsp3) is 0. The van der Waals surface area contributed by atoms with Crippen LogP contribution in [0.25, 0.3) is 0 Å². The Kier molecular flexibility index (Phi) is 2.38. The molecule has 0 saturated carbocycles. The summed E-state index contributed by atoms with van der Waals surface area (Å²) in [4.78, 5) is 10.9. The van der Waals surface area contributed by atoms with Crippen LogP contribution in [0.4, 0.5) is 4.79 Å². The Morgan fingerprint density at radius 1 is 1.45 bits per heavy atom. The van der Waals surface area contributed by atoms with Gasteiger partial charge < -0.3 is 10.8 Å². The normalized spacial score (nSPS) is 9.45. The Bertz CT molecular complexity index is 275. The van der Waals surface area contributed by atoms with Gasteiger partial charge in [0.15, 0.2) is 0 Å². The molecule has 0 aromatic heterocycles. The van der Waals surface area contributed by atoms with E-state index < -0.39 is 5.24 Å². The van der Waals surface area contributed by atoms with Crippen LogP contribution in [-0.2, 0) is 0 Å². The predicted molar refractivity (Wildman–Crippen MR) is 43.5 cm³/mol. The number of para-hydroxylation sites is 1. The van der Waals surface area contributed by atoms with Crippen LogP contribution in [0.5, 0.6) is 5.75 Å². The summed E-state index contributed by atoms with van der Waals surface area (Å²) in [6.07, 6.45) is 0. The van der Waals surface area contributed by atoms with Crippen LogP contribution < -0.4 is 5.73 Å². The molecule has 58 valence electrons. The molecule has 3 nitrogen and oxygen atoms in total. The quantitative estimate of drug-likeness (QED) is 0.627. The van der Waals surface area contributed by atoms with E-state index >= 15 is 0 Å². The molecule has 0 atom stereocenters. The third-order valence-electron chi connectivity index (χ3n) is 1.08. The van der Waals surface area contributed by atoms with Crippen molar-refractivity contribution < 1.29 is 9.90 Å². The number of thioether (sulfide) groups is 1. The molecule has 0 fully saturated rings. The maximum atomic E-state index is 10.4. The molecule has 3 N–H and O–H groups in total. The molecule has 0 heterocycles. The zero-order valence-electron chi connectivity index (χ0n) is 5.65. The molecule has 1 aromatic carbocycles. The molecule has 0 spiro atoms. The van der Waals surface area contributed by atoms with Crippen molar-refractivity contribution in [2.24, 2.45) is 5.73 Å². The number of hydrogen-bond donors (Lipinski definition) is 2. The van der Waals surface area contributed by atoms with Gasteiger partial charge in [0.1, 0.15) is 5.75 Å². The fourth-order valence-electron chi connectivity index (χ4n) is 0.652. The number of phenolic OH excluding ortho intramolecular Hbond substituents is 1. The van der Waals surface area contributed by atoms with Crippen LogP contribution in [0.3, 0.4) is 0 Å². The minimum atomic E-state index is -0.522. The lowest BCUT2D eigenvalue weighted by molar-refractivity contribution is 0.267. The molecular weight excluding hydrogens is 162 g/mol. The lowest BCUT2D eigenvalue weighted by atomic mass is 10.3. The topological polar surface area (TPSA) is 63.3 Å². The van der Waals surface area contributed by atoms with Gasteiger partial charge in [-0.2, -0.15) is 0 Å². The number of aromatic hydroxyl groups is 1. The summed E-state index contributed by atoms with van der Waals surface area (Å²) in [5.41, 5.74) is 4.91. The Labute approximate surface area is 68.2 Å². The van der Waals surface area contributed by atoms with Gasteiger partial charge in [0, 0.05) is 0 Å². The third-order valence-corrected chi connectivity index (χ3v) is 1.84. The average Bonchev–Trinajstić information content (AvgIpc) is 1.93. The second-order valence-electron chi connectivity index (χ2n) is 1.89. The van der Waals surface area contributed by atoms with Crippen LogP contribution in [-0.4, -0.2) is 10.3 Å². The molecule has 0 aliphatic carbocycles. The summed E-state index contributed by atoms with van der Waals surface area (Å²) in [6, 6.07) is 6.54. The van der Waals surface area contributed by atoms with E-state index in [2.05, 4.69) is 0 Å². The van der Waals surface area contributed by atoms with E-state index in [1.165, 1.54) is 6.07 Å². The number of amides is 1. The van der Waals surface area contributed by atoms with Crippen molar-refractivity contribution in [1.29, 1.82) is 0 Å². The Hall–Kier alpha value is -1.16. The summed E-state index contributed by atoms with van der Waals surface area (Å²) >= 11 is 0.814. The van der Waals surface area contributed by atoms with Crippen LogP contribution >= 0.6 is 11.8 Å². The lowest BCUT2D eigenvalue weighted by Crippen LogP contribution is -2.01. The van der Waals surface area contributed by atoms with Crippen molar-refractivity contribution in [2.45, 2.75) is 4.90 Å². The van der Waals surface area contributed by atoms with Gasteiger partial charge in [-0.1, -0.05) is 12.1 Å². The molecule has 0 saturated heterocycles. The molecule has 1 amide bonds. The molecule has 0 aliphatic rings. The summed E-state index contributed by atoms with van der Waals surface area (Å²) in [6.45, 7) is 0. The second-order valence-corrected chi connectivity index (χ2v) is 2.94. The SMILES string of the molecule is NC(=O)Sc1ccccc1O. The highest BCUT2D eigenvalue weighted by molar-refractivity contribution is 8.13. The first kappa shape index (κ1) is 7.94. The van der Waals surface area contributed by atoms with Gasteiger partial charge in [-0.15, -0.1) is 0 Å². The van der Waals surface area contributed by atoms with Gasteiger partial charge in [0.2, 0.25) is 0 Å². The Morgan fingerprint density at radius 2 is 2.09 bits per heavy atom. The minimum absolute atomic E-state index is 0.0799. The van der Waals surface area contributed by atoms with Crippen LogP contribution in [0.1, 0.15) is 0 Å². The summed E-state index contributed by atoms with van der Waals surface area (Å²) < 4.78 is 0. The zero-order chi connectivity index (χ0) is 8.27. The first-order chi connectivity index (χ1) is 5.20. The van der Waals surface area contributed by atoms with Gasteiger partial charge in [0.25, 0.3) is 5.24 Å². The lowest BCUT2D eigenvalue weighted by Gasteiger charge is -1.98. The van der Waals surface area contributed by atoms with E-state index in [-0.39, 0.29) is 5.75 Å². The third kappa shape index (κ3) is 2.16. The van der Waals surface area contributed by atoms with Crippen LogP contribution in [0.2, 0.25) is 0 Å². The standard InChI is InChI=1S/C7H7NO2S/c8-7(10)11-6-4-2-1-3-5(6)9/h1-4,9H,(H2,8,10). The van der Waals surface area contributed by atoms with Crippen molar-refractivity contribution >= 4 is 17.0 Å². The highest BCUT2D eigenvalue weighted by atomic mass is 32.2. The predicted octanol–water partition coefficient (Wildman–Crippen LogP) is 1.56. The number of primary amides is 1. The number of phenols is 1. The van der Waals surface area contributed by atoms with Crippen LogP contribution in [0.15, 0.2) is 29.2 Å². The molecule has 0 unspecified atom stereocenters. The maximum absolute atomic E-state index is 10.4. The van der Waals surface area contributed by atoms with Crippen molar-refractivity contribution in [3.05, 3.63) is 24.3 Å². The van der Waals surface area contributed by atoms with Gasteiger partial charge in [-0.25, -0.2) is 0 Å². The van der Waals surface area contributed by atoms with Crippen molar-refractivity contribution in [1.82, 2.24) is 0 Å². The monoisotopic (exact) mass is 169 g/mol. The van der Waals surface area contributed by atoms with Crippen LogP contribution in [0, 0.1) is 0 Å². The van der Waals surface area contributed by atoms with E-state index in [9.17, 15) is 4.79 Å². The summed E-state index contributed by atoms with van der Waals surface area (Å²) in [5.74, 6) is 0.0799. The van der Waals surface area contributed by atoms with Gasteiger partial charge in [-0.05, 0) is 23.9 Å². The molecule has 0 aliphatic heterocycles. The first-order valence-electron chi connectivity index (χ1n) is 2.95. The maximum Gasteiger partial charge on any atom is 0.281 e. The van der Waals surface area contributed by atoms with E-state index in [0.717, 1.165) is 11.8 Å². The second kappa shape index (κ2) is 3.30. The van der Waals surface area contributed by atoms with Crippen molar-refractivity contribution in [3.8, 4) is 5.75 Å².